The molecule has 33 heavy (non-hydrogen) atoms. The Labute approximate surface area is 188 Å². The van der Waals surface area contributed by atoms with E-state index in [2.05, 4.69) is 5.10 Å². The van der Waals surface area contributed by atoms with E-state index in [0.717, 1.165) is 11.6 Å². The highest BCUT2D eigenvalue weighted by Crippen LogP contribution is 2.42. The zero-order valence-corrected chi connectivity index (χ0v) is 18.6. The number of halogens is 3. The number of hydrogen-bond donors (Lipinski definition) is 1. The number of benzene rings is 1. The average Bonchev–Trinajstić information content (AvgIpc) is 3.19. The quantitative estimate of drug-likeness (QED) is 0.671. The summed E-state index contributed by atoms with van der Waals surface area (Å²) >= 11 is 0. The minimum Gasteiger partial charge on any atom is -0.463 e. The number of hydrogen-bond acceptors (Lipinski definition) is 6. The Hall–Kier alpha value is -3.74. The molecule has 1 aromatic heterocycles. The van der Waals surface area contributed by atoms with Gasteiger partial charge in [0.1, 0.15) is 17.4 Å². The minimum atomic E-state index is -4.54. The first kappa shape index (κ1) is 23.9. The maximum atomic E-state index is 12.9. The maximum Gasteiger partial charge on any atom is 0.435 e. The van der Waals surface area contributed by atoms with Gasteiger partial charge in [-0.15, -0.1) is 0 Å². The molecule has 0 amide bonds. The van der Waals surface area contributed by atoms with E-state index in [0.29, 0.717) is 16.7 Å². The van der Waals surface area contributed by atoms with Crippen molar-refractivity contribution in [3.05, 3.63) is 75.1 Å². The molecule has 0 radical (unpaired) electrons. The summed E-state index contributed by atoms with van der Waals surface area (Å²) in [6.45, 7) is 7.01. The van der Waals surface area contributed by atoms with Crippen LogP contribution >= 0.6 is 0 Å². The zero-order chi connectivity index (χ0) is 24.5. The van der Waals surface area contributed by atoms with Crippen LogP contribution in [0.1, 0.15) is 47.7 Å². The third kappa shape index (κ3) is 4.72. The third-order valence-electron chi connectivity index (χ3n) is 5.38. The predicted octanol–water partition coefficient (Wildman–Crippen LogP) is 4.21. The van der Waals surface area contributed by atoms with E-state index in [-0.39, 0.29) is 35.9 Å². The van der Waals surface area contributed by atoms with Crippen molar-refractivity contribution in [1.82, 2.24) is 9.78 Å². The van der Waals surface area contributed by atoms with E-state index in [1.165, 1.54) is 10.9 Å². The fourth-order valence-electron chi connectivity index (χ4n) is 3.87. The molecule has 2 aromatic rings. The van der Waals surface area contributed by atoms with Crippen LogP contribution in [-0.2, 0) is 27.0 Å². The molecule has 0 spiro atoms. The van der Waals surface area contributed by atoms with Crippen molar-refractivity contribution in [3.8, 4) is 6.07 Å². The number of allylic oxidation sites excluding steroid dienone is 2. The maximum absolute atomic E-state index is 12.9. The number of alkyl halides is 3. The summed E-state index contributed by atoms with van der Waals surface area (Å²) in [7, 11) is 0. The Morgan fingerprint density at radius 3 is 2.61 bits per heavy atom. The van der Waals surface area contributed by atoms with Gasteiger partial charge in [-0.25, -0.2) is 4.79 Å². The Balaban J connectivity index is 2.13. The molecule has 174 valence electrons. The number of nitriles is 1. The second kappa shape index (κ2) is 9.02. The summed E-state index contributed by atoms with van der Waals surface area (Å²) in [4.78, 5) is 12.8. The van der Waals surface area contributed by atoms with Crippen molar-refractivity contribution >= 4 is 5.97 Å². The molecular formula is C23H23F3N4O3. The lowest BCUT2D eigenvalue weighted by atomic mass is 9.79. The largest absolute Gasteiger partial charge is 0.463 e. The SMILES string of the molecule is CCOC(=O)C1=C(C)OC(N)=C(C#N)[C@@H]1c1cc(C)cc(Cn2ccc(C(F)(F)F)n2)c1C. The first-order valence-electron chi connectivity index (χ1n) is 10.1. The molecule has 0 fully saturated rings. The summed E-state index contributed by atoms with van der Waals surface area (Å²) < 4.78 is 50.7. The number of aryl methyl sites for hydroxylation is 1. The normalized spacial score (nSPS) is 16.5. The zero-order valence-electron chi connectivity index (χ0n) is 18.6. The molecular weight excluding hydrogens is 437 g/mol. The van der Waals surface area contributed by atoms with E-state index in [4.69, 9.17) is 15.2 Å². The topological polar surface area (TPSA) is 103 Å². The van der Waals surface area contributed by atoms with Crippen molar-refractivity contribution in [2.24, 2.45) is 5.73 Å². The number of carbonyl (C=O) groups is 1. The van der Waals surface area contributed by atoms with Crippen molar-refractivity contribution in [2.75, 3.05) is 6.61 Å². The highest BCUT2D eigenvalue weighted by Gasteiger charge is 2.37. The van der Waals surface area contributed by atoms with E-state index < -0.39 is 23.8 Å². The van der Waals surface area contributed by atoms with Crippen molar-refractivity contribution < 1.29 is 27.4 Å². The Morgan fingerprint density at radius 1 is 1.33 bits per heavy atom. The van der Waals surface area contributed by atoms with E-state index in [9.17, 15) is 23.2 Å². The van der Waals surface area contributed by atoms with Crippen LogP contribution in [0, 0.1) is 25.2 Å². The number of carbonyl (C=O) groups excluding carboxylic acids is 1. The van der Waals surface area contributed by atoms with E-state index in [1.807, 2.05) is 25.1 Å². The lowest BCUT2D eigenvalue weighted by Crippen LogP contribution is -2.26. The Bertz CT molecular complexity index is 1200. The van der Waals surface area contributed by atoms with Gasteiger partial charge in [-0.3, -0.25) is 4.68 Å². The summed E-state index contributed by atoms with van der Waals surface area (Å²) in [5, 5.41) is 13.4. The molecule has 1 aromatic carbocycles. The second-order valence-corrected chi connectivity index (χ2v) is 7.65. The average molecular weight is 460 g/mol. The molecule has 1 atom stereocenters. The lowest BCUT2D eigenvalue weighted by molar-refractivity contribution is -0.141. The molecule has 1 aliphatic heterocycles. The van der Waals surface area contributed by atoms with Crippen LogP contribution in [0.3, 0.4) is 0 Å². The molecule has 0 saturated carbocycles. The summed E-state index contributed by atoms with van der Waals surface area (Å²) in [6.07, 6.45) is -3.29. The first-order chi connectivity index (χ1) is 15.5. The predicted molar refractivity (Wildman–Crippen MR) is 112 cm³/mol. The minimum absolute atomic E-state index is 0.0572. The van der Waals surface area contributed by atoms with Gasteiger partial charge < -0.3 is 15.2 Å². The highest BCUT2D eigenvalue weighted by molar-refractivity contribution is 5.92. The van der Waals surface area contributed by atoms with Gasteiger partial charge in [0, 0.05) is 6.20 Å². The molecule has 2 heterocycles. The summed E-state index contributed by atoms with van der Waals surface area (Å²) in [5.41, 5.74) is 7.96. The Morgan fingerprint density at radius 2 is 2.03 bits per heavy atom. The standard InChI is InChI=1S/C23H23F3N4O3/c1-5-32-22(31)19-14(4)33-21(28)17(10-27)20(19)16-9-12(2)8-15(13(16)3)11-30-7-6-18(29-30)23(24,25)26/h6-9,20H,5,11,28H2,1-4H3/t20-/m0/s1. The van der Waals surface area contributed by atoms with Crippen LogP contribution in [-0.4, -0.2) is 22.4 Å². The number of esters is 1. The highest BCUT2D eigenvalue weighted by atomic mass is 19.4. The molecule has 1 aliphatic rings. The van der Waals surface area contributed by atoms with Crippen molar-refractivity contribution in [2.45, 2.75) is 46.3 Å². The van der Waals surface area contributed by atoms with Gasteiger partial charge in [-0.05, 0) is 50.5 Å². The number of ether oxygens (including phenoxy) is 2. The fraction of sp³-hybridized carbons (Fsp3) is 0.348. The van der Waals surface area contributed by atoms with Crippen molar-refractivity contribution in [3.63, 3.8) is 0 Å². The third-order valence-corrected chi connectivity index (χ3v) is 5.38. The number of rotatable bonds is 5. The molecule has 3 rings (SSSR count). The number of aromatic nitrogens is 2. The monoisotopic (exact) mass is 460 g/mol. The van der Waals surface area contributed by atoms with Crippen LogP contribution in [0.5, 0.6) is 0 Å². The summed E-state index contributed by atoms with van der Waals surface area (Å²) in [6, 6.07) is 6.58. The molecule has 0 aliphatic carbocycles. The lowest BCUT2D eigenvalue weighted by Gasteiger charge is -2.28. The van der Waals surface area contributed by atoms with Gasteiger partial charge in [0.05, 0.1) is 24.6 Å². The molecule has 0 saturated heterocycles. The second-order valence-electron chi connectivity index (χ2n) is 7.65. The molecule has 2 N–H and O–H groups in total. The smallest absolute Gasteiger partial charge is 0.435 e. The van der Waals surface area contributed by atoms with Gasteiger partial charge >= 0.3 is 12.1 Å². The van der Waals surface area contributed by atoms with Crippen LogP contribution in [0.4, 0.5) is 13.2 Å². The van der Waals surface area contributed by atoms with Gasteiger partial charge in [0.2, 0.25) is 5.88 Å². The van der Waals surface area contributed by atoms with E-state index >= 15 is 0 Å². The molecule has 0 unspecified atom stereocenters. The van der Waals surface area contributed by atoms with Gasteiger partial charge in [0.15, 0.2) is 5.69 Å². The first-order valence-corrected chi connectivity index (χ1v) is 10.1. The van der Waals surface area contributed by atoms with Gasteiger partial charge in [-0.1, -0.05) is 17.7 Å². The Kier molecular flexibility index (Phi) is 6.53. The van der Waals surface area contributed by atoms with Crippen LogP contribution in [0.2, 0.25) is 0 Å². The molecule has 7 nitrogen and oxygen atoms in total. The van der Waals surface area contributed by atoms with E-state index in [1.54, 1.807) is 20.8 Å². The van der Waals surface area contributed by atoms with Crippen molar-refractivity contribution in [1.29, 1.82) is 5.26 Å². The van der Waals surface area contributed by atoms with Crippen LogP contribution in [0.25, 0.3) is 0 Å². The summed E-state index contributed by atoms with van der Waals surface area (Å²) in [5.74, 6) is -1.37. The van der Waals surface area contributed by atoms with Gasteiger partial charge in [0.25, 0.3) is 0 Å². The van der Waals surface area contributed by atoms with Gasteiger partial charge in [-0.2, -0.15) is 23.5 Å². The molecule has 0 bridgehead atoms. The number of nitrogens with zero attached hydrogens (tertiary/aromatic N) is 3. The fourth-order valence-corrected chi connectivity index (χ4v) is 3.87. The number of nitrogens with two attached hydrogens (primary N) is 1. The van der Waals surface area contributed by atoms with Crippen LogP contribution in [0.15, 0.2) is 47.2 Å². The van der Waals surface area contributed by atoms with Crippen LogP contribution < -0.4 is 5.73 Å². The molecule has 10 heteroatoms.